The lowest BCUT2D eigenvalue weighted by molar-refractivity contribution is -0.123. The van der Waals surface area contributed by atoms with E-state index in [1.54, 1.807) is 0 Å². The molecule has 0 atom stereocenters. The van der Waals surface area contributed by atoms with E-state index >= 15 is 0 Å². The highest BCUT2D eigenvalue weighted by Gasteiger charge is 2.15. The van der Waals surface area contributed by atoms with Crippen molar-refractivity contribution in [1.29, 1.82) is 0 Å². The van der Waals surface area contributed by atoms with E-state index in [9.17, 15) is 13.2 Å². The Morgan fingerprint density at radius 1 is 1.07 bits per heavy atom. The standard InChI is InChI=1S/C20H24Cl2N2O5S/c1-14(2)28-9-3-8-23-20(25)13-29-18-4-6-19(7-5-18)30(26,27)24-17-11-15(21)10-16(22)12-17/h4-7,10-12,14,24H,3,8-9,13H2,1-2H3,(H,23,25). The number of halogens is 2. The lowest BCUT2D eigenvalue weighted by Gasteiger charge is -2.11. The molecular weight excluding hydrogens is 451 g/mol. The molecule has 0 radical (unpaired) electrons. The Kier molecular flexibility index (Phi) is 9.23. The molecule has 0 aliphatic heterocycles. The SMILES string of the molecule is CC(C)OCCCNC(=O)COc1ccc(S(=O)(=O)Nc2cc(Cl)cc(Cl)c2)cc1. The third kappa shape index (κ3) is 8.39. The molecule has 7 nitrogen and oxygen atoms in total. The number of nitrogens with one attached hydrogen (secondary N) is 2. The van der Waals surface area contributed by atoms with Crippen LogP contribution >= 0.6 is 23.2 Å². The Morgan fingerprint density at radius 2 is 1.70 bits per heavy atom. The monoisotopic (exact) mass is 474 g/mol. The number of hydrogen-bond acceptors (Lipinski definition) is 5. The maximum Gasteiger partial charge on any atom is 0.261 e. The van der Waals surface area contributed by atoms with E-state index in [4.69, 9.17) is 32.7 Å². The van der Waals surface area contributed by atoms with Crippen molar-refractivity contribution < 1.29 is 22.7 Å². The molecule has 0 saturated carbocycles. The van der Waals surface area contributed by atoms with Gasteiger partial charge >= 0.3 is 0 Å². The van der Waals surface area contributed by atoms with Crippen LogP contribution in [0.15, 0.2) is 47.4 Å². The average molecular weight is 475 g/mol. The molecule has 0 aromatic heterocycles. The summed E-state index contributed by atoms with van der Waals surface area (Å²) in [7, 11) is -3.83. The summed E-state index contributed by atoms with van der Waals surface area (Å²) in [6.07, 6.45) is 0.871. The first-order chi connectivity index (χ1) is 14.2. The summed E-state index contributed by atoms with van der Waals surface area (Å²) in [5, 5.41) is 3.36. The van der Waals surface area contributed by atoms with Gasteiger partial charge in [-0.1, -0.05) is 23.2 Å². The van der Waals surface area contributed by atoms with Gasteiger partial charge in [0.1, 0.15) is 5.75 Å². The van der Waals surface area contributed by atoms with Crippen molar-refractivity contribution >= 4 is 44.8 Å². The van der Waals surface area contributed by atoms with E-state index in [1.807, 2.05) is 13.8 Å². The maximum absolute atomic E-state index is 12.5. The predicted molar refractivity (Wildman–Crippen MR) is 118 cm³/mol. The first-order valence-corrected chi connectivity index (χ1v) is 11.5. The first kappa shape index (κ1) is 24.3. The minimum absolute atomic E-state index is 0.0283. The third-order valence-corrected chi connectivity index (χ3v) is 5.55. The van der Waals surface area contributed by atoms with Crippen LogP contribution in [-0.2, 0) is 19.6 Å². The molecule has 0 fully saturated rings. The predicted octanol–water partition coefficient (Wildman–Crippen LogP) is 4.10. The van der Waals surface area contributed by atoms with Gasteiger partial charge in [0.15, 0.2) is 6.61 Å². The molecule has 164 valence electrons. The zero-order chi connectivity index (χ0) is 22.1. The summed E-state index contributed by atoms with van der Waals surface area (Å²) in [5.41, 5.74) is 0.253. The topological polar surface area (TPSA) is 93.7 Å². The van der Waals surface area contributed by atoms with Crippen LogP contribution in [0.2, 0.25) is 10.0 Å². The van der Waals surface area contributed by atoms with Crippen molar-refractivity contribution in [2.24, 2.45) is 0 Å². The fourth-order valence-corrected chi connectivity index (χ4v) is 3.93. The molecular formula is C20H24Cl2N2O5S. The fraction of sp³-hybridized carbons (Fsp3) is 0.350. The molecule has 0 unspecified atom stereocenters. The normalized spacial score (nSPS) is 11.4. The van der Waals surface area contributed by atoms with E-state index in [2.05, 4.69) is 10.0 Å². The van der Waals surface area contributed by atoms with Gasteiger partial charge in [-0.2, -0.15) is 0 Å². The number of amides is 1. The second-order valence-corrected chi connectivity index (χ2v) is 9.20. The molecule has 0 spiro atoms. The second kappa shape index (κ2) is 11.4. The van der Waals surface area contributed by atoms with Crippen LogP contribution < -0.4 is 14.8 Å². The van der Waals surface area contributed by atoms with Gasteiger partial charge in [0.05, 0.1) is 16.7 Å². The number of carbonyl (C=O) groups excluding carboxylic acids is 1. The number of hydrogen-bond donors (Lipinski definition) is 2. The Morgan fingerprint density at radius 3 is 2.30 bits per heavy atom. The van der Waals surface area contributed by atoms with E-state index in [0.29, 0.717) is 35.4 Å². The lowest BCUT2D eigenvalue weighted by atomic mass is 10.3. The van der Waals surface area contributed by atoms with Gasteiger partial charge in [-0.15, -0.1) is 0 Å². The van der Waals surface area contributed by atoms with Gasteiger partial charge in [0.2, 0.25) is 0 Å². The smallest absolute Gasteiger partial charge is 0.261 e. The Balaban J connectivity index is 1.84. The average Bonchev–Trinajstić information content (AvgIpc) is 2.65. The zero-order valence-electron chi connectivity index (χ0n) is 16.7. The molecule has 0 aliphatic rings. The molecule has 0 bridgehead atoms. The molecule has 0 heterocycles. The van der Waals surface area contributed by atoms with Crippen LogP contribution in [0.4, 0.5) is 5.69 Å². The highest BCUT2D eigenvalue weighted by Crippen LogP contribution is 2.25. The molecule has 10 heteroatoms. The molecule has 2 rings (SSSR count). The quantitative estimate of drug-likeness (QED) is 0.478. The fourth-order valence-electron chi connectivity index (χ4n) is 2.36. The van der Waals surface area contributed by atoms with Gasteiger partial charge in [-0.3, -0.25) is 9.52 Å². The van der Waals surface area contributed by atoms with Gasteiger partial charge in [-0.25, -0.2) is 8.42 Å². The Bertz CT molecular complexity index is 930. The van der Waals surface area contributed by atoms with Crippen LogP contribution in [-0.4, -0.2) is 40.2 Å². The number of ether oxygens (including phenoxy) is 2. The molecule has 0 saturated heterocycles. The highest BCUT2D eigenvalue weighted by atomic mass is 35.5. The summed E-state index contributed by atoms with van der Waals surface area (Å²) < 4.78 is 38.2. The van der Waals surface area contributed by atoms with Crippen LogP contribution in [0, 0.1) is 0 Å². The lowest BCUT2D eigenvalue weighted by Crippen LogP contribution is -2.30. The van der Waals surface area contributed by atoms with Gasteiger partial charge in [0, 0.05) is 23.2 Å². The molecule has 2 N–H and O–H groups in total. The van der Waals surface area contributed by atoms with Crippen molar-refractivity contribution in [3.05, 3.63) is 52.5 Å². The van der Waals surface area contributed by atoms with Gasteiger partial charge < -0.3 is 14.8 Å². The van der Waals surface area contributed by atoms with Crippen molar-refractivity contribution in [3.63, 3.8) is 0 Å². The second-order valence-electron chi connectivity index (χ2n) is 6.65. The molecule has 2 aromatic carbocycles. The van der Waals surface area contributed by atoms with Crippen molar-refractivity contribution in [1.82, 2.24) is 5.32 Å². The van der Waals surface area contributed by atoms with Crippen molar-refractivity contribution in [2.75, 3.05) is 24.5 Å². The molecule has 2 aromatic rings. The maximum atomic E-state index is 12.5. The largest absolute Gasteiger partial charge is 0.484 e. The van der Waals surface area contributed by atoms with E-state index < -0.39 is 10.0 Å². The third-order valence-electron chi connectivity index (χ3n) is 3.71. The summed E-state index contributed by atoms with van der Waals surface area (Å²) in [6, 6.07) is 10.1. The van der Waals surface area contributed by atoms with E-state index in [0.717, 1.165) is 0 Å². The van der Waals surface area contributed by atoms with E-state index in [-0.39, 0.29) is 29.2 Å². The van der Waals surface area contributed by atoms with Crippen molar-refractivity contribution in [3.8, 4) is 5.75 Å². The first-order valence-electron chi connectivity index (χ1n) is 9.26. The van der Waals surface area contributed by atoms with E-state index in [1.165, 1.54) is 42.5 Å². The van der Waals surface area contributed by atoms with Crippen molar-refractivity contribution in [2.45, 2.75) is 31.3 Å². The van der Waals surface area contributed by atoms with Crippen LogP contribution in [0.1, 0.15) is 20.3 Å². The van der Waals surface area contributed by atoms with Gasteiger partial charge in [0.25, 0.3) is 15.9 Å². The number of benzene rings is 2. The van der Waals surface area contributed by atoms with Crippen LogP contribution in [0.5, 0.6) is 5.75 Å². The molecule has 1 amide bonds. The summed E-state index contributed by atoms with van der Waals surface area (Å²) in [5.74, 6) is 0.105. The summed E-state index contributed by atoms with van der Waals surface area (Å²) in [4.78, 5) is 11.8. The Labute approximate surface area is 186 Å². The van der Waals surface area contributed by atoms with Gasteiger partial charge in [-0.05, 0) is 62.7 Å². The molecule has 0 aliphatic carbocycles. The zero-order valence-corrected chi connectivity index (χ0v) is 19.0. The Hall–Kier alpha value is -2.00. The number of carbonyl (C=O) groups is 1. The minimum Gasteiger partial charge on any atom is -0.484 e. The molecule has 30 heavy (non-hydrogen) atoms. The number of anilines is 1. The number of sulfonamides is 1. The summed E-state index contributed by atoms with van der Waals surface area (Å²) >= 11 is 11.8. The minimum atomic E-state index is -3.83. The highest BCUT2D eigenvalue weighted by molar-refractivity contribution is 7.92. The van der Waals surface area contributed by atoms with Crippen LogP contribution in [0.3, 0.4) is 0 Å². The van der Waals surface area contributed by atoms with Crippen LogP contribution in [0.25, 0.3) is 0 Å². The number of rotatable bonds is 11. The summed E-state index contributed by atoms with van der Waals surface area (Å²) in [6.45, 7) is 4.80.